The maximum absolute atomic E-state index is 5.10. The van der Waals surface area contributed by atoms with Gasteiger partial charge in [-0.15, -0.1) is 22.7 Å². The number of benzene rings is 6. The van der Waals surface area contributed by atoms with Crippen LogP contribution in [0.15, 0.2) is 115 Å². The molecule has 0 spiro atoms. The topological polar surface area (TPSA) is 17.8 Å². The summed E-state index contributed by atoms with van der Waals surface area (Å²) >= 11 is 3.66. The van der Waals surface area contributed by atoms with Crippen LogP contribution in [-0.4, -0.2) is 9.55 Å². The van der Waals surface area contributed by atoms with Crippen LogP contribution in [0, 0.1) is 6.92 Å². The van der Waals surface area contributed by atoms with Gasteiger partial charge in [-0.05, 0) is 96.4 Å². The quantitative estimate of drug-likeness (QED) is 0.201. The fourth-order valence-corrected chi connectivity index (χ4v) is 8.98. The third kappa shape index (κ3) is 3.67. The van der Waals surface area contributed by atoms with Crippen LogP contribution >= 0.6 is 22.7 Å². The number of hydrogen-bond donors (Lipinski definition) is 0. The first-order valence-corrected chi connectivity index (χ1v) is 16.2. The van der Waals surface area contributed by atoms with Gasteiger partial charge in [-0.3, -0.25) is 0 Å². The Morgan fingerprint density at radius 1 is 0.674 bits per heavy atom. The van der Waals surface area contributed by atoms with Gasteiger partial charge in [-0.25, -0.2) is 4.98 Å². The summed E-state index contributed by atoms with van der Waals surface area (Å²) in [6, 6.07) is 40.0. The van der Waals surface area contributed by atoms with Crippen LogP contribution in [0.4, 0.5) is 0 Å². The first-order valence-electron chi connectivity index (χ1n) is 14.6. The number of hydrogen-bond acceptors (Lipinski definition) is 3. The molecule has 9 aromatic rings. The van der Waals surface area contributed by atoms with E-state index in [0.29, 0.717) is 0 Å². The maximum Gasteiger partial charge on any atom is 0.124 e. The Balaban J connectivity index is 1.24. The lowest BCUT2D eigenvalue weighted by Gasteiger charge is -2.10. The summed E-state index contributed by atoms with van der Waals surface area (Å²) in [6.07, 6.45) is 4.33. The molecule has 0 radical (unpaired) electrons. The van der Waals surface area contributed by atoms with Crippen LogP contribution in [-0.2, 0) is 0 Å². The molecule has 9 rings (SSSR count). The van der Waals surface area contributed by atoms with Crippen molar-refractivity contribution in [3.05, 3.63) is 126 Å². The van der Waals surface area contributed by atoms with E-state index in [1.54, 1.807) is 11.3 Å². The molecule has 0 unspecified atom stereocenters. The highest BCUT2D eigenvalue weighted by Gasteiger charge is 2.17. The summed E-state index contributed by atoms with van der Waals surface area (Å²) in [5, 5.41) is 8.88. The van der Waals surface area contributed by atoms with Crippen molar-refractivity contribution in [2.24, 2.45) is 0 Å². The summed E-state index contributed by atoms with van der Waals surface area (Å²) in [6.45, 7) is 4.29. The molecule has 2 nitrogen and oxygen atoms in total. The number of thiophene rings is 1. The minimum Gasteiger partial charge on any atom is -0.309 e. The van der Waals surface area contributed by atoms with E-state index < -0.39 is 0 Å². The highest BCUT2D eigenvalue weighted by molar-refractivity contribution is 7.28. The van der Waals surface area contributed by atoms with E-state index in [1.165, 1.54) is 68.6 Å². The summed E-state index contributed by atoms with van der Waals surface area (Å²) in [5.41, 5.74) is 8.37. The number of aromatic nitrogens is 2. The van der Waals surface area contributed by atoms with Crippen LogP contribution < -0.4 is 0 Å². The lowest BCUT2D eigenvalue weighted by Crippen LogP contribution is -1.94. The largest absolute Gasteiger partial charge is 0.309 e. The van der Waals surface area contributed by atoms with Crippen molar-refractivity contribution in [2.75, 3.05) is 0 Å². The second kappa shape index (κ2) is 9.37. The molecule has 43 heavy (non-hydrogen) atoms. The SMILES string of the molecule is C/C=C\c1cc2c(cc1C)c1c3ccccc3ccc1n2-c1ccc(-c2nc3ccc4sc5ccccc5c4c3s2)cc1. The van der Waals surface area contributed by atoms with Crippen molar-refractivity contribution < 1.29 is 0 Å². The average molecular weight is 587 g/mol. The number of aryl methyl sites for hydroxylation is 1. The van der Waals surface area contributed by atoms with E-state index in [4.69, 9.17) is 4.98 Å². The van der Waals surface area contributed by atoms with Crippen LogP contribution in [0.25, 0.3) is 85.3 Å². The molecule has 0 amide bonds. The van der Waals surface area contributed by atoms with Crippen molar-refractivity contribution in [2.45, 2.75) is 13.8 Å². The number of thiazole rings is 1. The van der Waals surface area contributed by atoms with E-state index in [1.807, 2.05) is 11.3 Å². The van der Waals surface area contributed by atoms with Gasteiger partial charge in [-0.2, -0.15) is 0 Å². The number of nitrogens with zero attached hydrogens (tertiary/aromatic N) is 2. The Morgan fingerprint density at radius 2 is 1.49 bits per heavy atom. The van der Waals surface area contributed by atoms with Gasteiger partial charge in [0.05, 0.1) is 21.3 Å². The second-order valence-corrected chi connectivity index (χ2v) is 13.3. The number of rotatable bonds is 3. The molecular formula is C39H26N2S2. The van der Waals surface area contributed by atoms with Crippen molar-refractivity contribution in [3.8, 4) is 16.3 Å². The normalized spacial score (nSPS) is 12.3. The van der Waals surface area contributed by atoms with Gasteiger partial charge in [-0.1, -0.05) is 60.7 Å². The maximum atomic E-state index is 5.10. The van der Waals surface area contributed by atoms with Crippen molar-refractivity contribution in [1.82, 2.24) is 9.55 Å². The fraction of sp³-hybridized carbons (Fsp3) is 0.0513. The van der Waals surface area contributed by atoms with Crippen molar-refractivity contribution in [3.63, 3.8) is 0 Å². The summed E-state index contributed by atoms with van der Waals surface area (Å²) in [4.78, 5) is 5.10. The zero-order chi connectivity index (χ0) is 28.7. The Hall–Kier alpha value is -4.77. The Morgan fingerprint density at radius 3 is 2.35 bits per heavy atom. The molecule has 3 aromatic heterocycles. The van der Waals surface area contributed by atoms with Crippen LogP contribution in [0.1, 0.15) is 18.1 Å². The molecule has 0 bridgehead atoms. The molecule has 3 heterocycles. The molecule has 0 N–H and O–H groups in total. The molecule has 0 fully saturated rings. The first-order chi connectivity index (χ1) is 21.2. The number of fused-ring (bicyclic) bond motifs is 10. The Bertz CT molecular complexity index is 2580. The zero-order valence-electron chi connectivity index (χ0n) is 23.8. The average Bonchev–Trinajstić information content (AvgIpc) is 3.73. The van der Waals surface area contributed by atoms with E-state index in [2.05, 4.69) is 140 Å². The molecule has 0 saturated carbocycles. The van der Waals surface area contributed by atoms with Gasteiger partial charge in [0, 0.05) is 42.2 Å². The summed E-state index contributed by atoms with van der Waals surface area (Å²) < 4.78 is 6.35. The van der Waals surface area contributed by atoms with E-state index in [0.717, 1.165) is 21.8 Å². The van der Waals surface area contributed by atoms with Gasteiger partial charge in [0.1, 0.15) is 5.01 Å². The molecule has 0 saturated heterocycles. The lowest BCUT2D eigenvalue weighted by atomic mass is 10.0. The monoisotopic (exact) mass is 586 g/mol. The minimum absolute atomic E-state index is 1.06. The van der Waals surface area contributed by atoms with Gasteiger partial charge < -0.3 is 4.57 Å². The summed E-state index contributed by atoms with van der Waals surface area (Å²) in [7, 11) is 0. The van der Waals surface area contributed by atoms with E-state index >= 15 is 0 Å². The van der Waals surface area contributed by atoms with Crippen molar-refractivity contribution in [1.29, 1.82) is 0 Å². The Labute approximate surface area is 256 Å². The molecule has 4 heteroatoms. The second-order valence-electron chi connectivity index (χ2n) is 11.2. The molecule has 6 aromatic carbocycles. The predicted octanol–water partition coefficient (Wildman–Crippen LogP) is 11.9. The molecule has 204 valence electrons. The zero-order valence-corrected chi connectivity index (χ0v) is 25.4. The first kappa shape index (κ1) is 24.8. The molecule has 0 atom stereocenters. The van der Waals surface area contributed by atoms with Crippen LogP contribution in [0.3, 0.4) is 0 Å². The highest BCUT2D eigenvalue weighted by Crippen LogP contribution is 2.43. The van der Waals surface area contributed by atoms with Crippen LogP contribution in [0.5, 0.6) is 0 Å². The Kier molecular flexibility index (Phi) is 5.40. The van der Waals surface area contributed by atoms with Gasteiger partial charge in [0.2, 0.25) is 0 Å². The standard InChI is InChI=1S/C39H26N2S2/c1-3-8-26-22-33-30(21-23(26)2)36-28-10-5-4-9-24(28)15-19-32(36)41(33)27-16-13-25(14-17-27)39-40-31-18-20-35-37(38(31)43-39)29-11-6-7-12-34(29)42-35/h3-22H,1-2H3/b8-3-. The van der Waals surface area contributed by atoms with Crippen molar-refractivity contribution >= 4 is 91.7 Å². The third-order valence-corrected chi connectivity index (χ3v) is 10.9. The number of allylic oxidation sites excluding steroid dienone is 1. The summed E-state index contributed by atoms with van der Waals surface area (Å²) in [5.74, 6) is 0. The van der Waals surface area contributed by atoms with Gasteiger partial charge in [0.15, 0.2) is 0 Å². The van der Waals surface area contributed by atoms with E-state index in [-0.39, 0.29) is 0 Å². The smallest absolute Gasteiger partial charge is 0.124 e. The third-order valence-electron chi connectivity index (χ3n) is 8.66. The lowest BCUT2D eigenvalue weighted by molar-refractivity contribution is 1.18. The predicted molar refractivity (Wildman–Crippen MR) is 189 cm³/mol. The van der Waals surface area contributed by atoms with E-state index in [9.17, 15) is 0 Å². The van der Waals surface area contributed by atoms with Crippen LogP contribution in [0.2, 0.25) is 0 Å². The molecule has 0 aliphatic carbocycles. The molecular weight excluding hydrogens is 561 g/mol. The minimum atomic E-state index is 1.06. The van der Waals surface area contributed by atoms with Gasteiger partial charge in [0.25, 0.3) is 0 Å². The fourth-order valence-electron chi connectivity index (χ4n) is 6.67. The molecule has 0 aliphatic rings. The molecule has 0 aliphatic heterocycles. The van der Waals surface area contributed by atoms with Gasteiger partial charge >= 0.3 is 0 Å². The highest BCUT2D eigenvalue weighted by atomic mass is 32.1.